The molecule has 0 aromatic rings. The van der Waals surface area contributed by atoms with Gasteiger partial charge < -0.3 is 5.11 Å². The molecular weight excluding hydrogens is 150 g/mol. The molecule has 1 aliphatic rings. The first kappa shape index (κ1) is 10.0. The number of hydrogen-bond acceptors (Lipinski definition) is 2. The van der Waals surface area contributed by atoms with E-state index in [4.69, 9.17) is 5.11 Å². The van der Waals surface area contributed by atoms with Gasteiger partial charge in [0.1, 0.15) is 0 Å². The number of hydrogen-bond donors (Lipinski definition) is 1. The van der Waals surface area contributed by atoms with E-state index in [1.54, 1.807) is 0 Å². The van der Waals surface area contributed by atoms with Crippen molar-refractivity contribution in [2.75, 3.05) is 19.7 Å². The van der Waals surface area contributed by atoms with Crippen LogP contribution in [0.3, 0.4) is 0 Å². The van der Waals surface area contributed by atoms with Crippen molar-refractivity contribution in [3.63, 3.8) is 0 Å². The van der Waals surface area contributed by atoms with E-state index in [0.717, 1.165) is 12.5 Å². The Morgan fingerprint density at radius 1 is 1.33 bits per heavy atom. The van der Waals surface area contributed by atoms with Crippen molar-refractivity contribution in [2.45, 2.75) is 39.2 Å². The number of aliphatic hydroxyl groups is 1. The summed E-state index contributed by atoms with van der Waals surface area (Å²) >= 11 is 0. The molecule has 0 amide bonds. The highest BCUT2D eigenvalue weighted by Crippen LogP contribution is 2.23. The molecule has 1 heterocycles. The van der Waals surface area contributed by atoms with Crippen LogP contribution in [-0.4, -0.2) is 35.7 Å². The third-order valence-corrected chi connectivity index (χ3v) is 3.11. The summed E-state index contributed by atoms with van der Waals surface area (Å²) < 4.78 is 0. The molecule has 72 valence electrons. The normalized spacial score (nSPS) is 32.2. The second-order valence-corrected chi connectivity index (χ2v) is 3.78. The highest BCUT2D eigenvalue weighted by Gasteiger charge is 2.25. The lowest BCUT2D eigenvalue weighted by molar-refractivity contribution is 0.0668. The monoisotopic (exact) mass is 171 g/mol. The summed E-state index contributed by atoms with van der Waals surface area (Å²) in [5.74, 6) is 0.868. The quantitative estimate of drug-likeness (QED) is 0.695. The Bertz CT molecular complexity index is 127. The summed E-state index contributed by atoms with van der Waals surface area (Å²) in [5.41, 5.74) is 0. The first-order valence-corrected chi connectivity index (χ1v) is 5.16. The molecule has 0 aromatic heterocycles. The van der Waals surface area contributed by atoms with Gasteiger partial charge in [0.25, 0.3) is 0 Å². The molecule has 1 rings (SSSR count). The Hall–Kier alpha value is -0.0800. The van der Waals surface area contributed by atoms with Crippen LogP contribution in [0.5, 0.6) is 0 Å². The average Bonchev–Trinajstić information content (AvgIpc) is 2.16. The van der Waals surface area contributed by atoms with Gasteiger partial charge in [-0.2, -0.15) is 0 Å². The van der Waals surface area contributed by atoms with E-state index in [0.29, 0.717) is 12.6 Å². The molecule has 12 heavy (non-hydrogen) atoms. The first-order valence-electron chi connectivity index (χ1n) is 5.16. The highest BCUT2D eigenvalue weighted by atomic mass is 16.3. The molecule has 1 saturated heterocycles. The van der Waals surface area contributed by atoms with Gasteiger partial charge in [0.2, 0.25) is 0 Å². The molecule has 2 unspecified atom stereocenters. The van der Waals surface area contributed by atoms with Crippen LogP contribution in [0.15, 0.2) is 0 Å². The van der Waals surface area contributed by atoms with E-state index in [-0.39, 0.29) is 0 Å². The number of likely N-dealkylation sites (N-methyl/N-ethyl adjacent to an activating group) is 1. The van der Waals surface area contributed by atoms with Crippen LogP contribution >= 0.6 is 0 Å². The van der Waals surface area contributed by atoms with Gasteiger partial charge in [-0.15, -0.1) is 0 Å². The minimum atomic E-state index is 0.338. The molecule has 0 spiro atoms. The Kier molecular flexibility index (Phi) is 4.02. The van der Waals surface area contributed by atoms with Gasteiger partial charge in [-0.3, -0.25) is 4.90 Å². The first-order chi connectivity index (χ1) is 5.81. The van der Waals surface area contributed by atoms with Gasteiger partial charge in [-0.25, -0.2) is 0 Å². The lowest BCUT2D eigenvalue weighted by atomic mass is 9.91. The molecule has 1 N–H and O–H groups in total. The molecule has 0 aromatic carbocycles. The van der Waals surface area contributed by atoms with Gasteiger partial charge in [0.15, 0.2) is 0 Å². The molecule has 0 saturated carbocycles. The summed E-state index contributed by atoms with van der Waals surface area (Å²) in [4.78, 5) is 2.41. The summed E-state index contributed by atoms with van der Waals surface area (Å²) in [6, 6.07) is 0.442. The lowest BCUT2D eigenvalue weighted by Gasteiger charge is -2.37. The van der Waals surface area contributed by atoms with Crippen LogP contribution in [0.1, 0.15) is 33.1 Å². The van der Waals surface area contributed by atoms with Gasteiger partial charge in [0.05, 0.1) is 6.61 Å². The van der Waals surface area contributed by atoms with Crippen molar-refractivity contribution >= 4 is 0 Å². The van der Waals surface area contributed by atoms with Gasteiger partial charge in [-0.1, -0.05) is 20.3 Å². The standard InChI is InChI=1S/C10H21NO/c1-3-9-5-6-10(8-12)11(4-2)7-9/h9-10,12H,3-8H2,1-2H3. The molecule has 2 nitrogen and oxygen atoms in total. The number of nitrogens with zero attached hydrogens (tertiary/aromatic N) is 1. The second-order valence-electron chi connectivity index (χ2n) is 3.78. The topological polar surface area (TPSA) is 23.5 Å². The fourth-order valence-corrected chi connectivity index (χ4v) is 2.11. The zero-order chi connectivity index (χ0) is 8.97. The van der Waals surface area contributed by atoms with Crippen LogP contribution in [0.2, 0.25) is 0 Å². The summed E-state index contributed by atoms with van der Waals surface area (Å²) in [5, 5.41) is 9.11. The third-order valence-electron chi connectivity index (χ3n) is 3.11. The zero-order valence-electron chi connectivity index (χ0n) is 8.29. The van der Waals surface area contributed by atoms with Gasteiger partial charge in [-0.05, 0) is 25.3 Å². The maximum absolute atomic E-state index is 9.11. The van der Waals surface area contributed by atoms with Crippen molar-refractivity contribution in [2.24, 2.45) is 5.92 Å². The number of piperidine rings is 1. The Morgan fingerprint density at radius 2 is 2.08 bits per heavy atom. The maximum Gasteiger partial charge on any atom is 0.0586 e. The largest absolute Gasteiger partial charge is 0.395 e. The van der Waals surface area contributed by atoms with E-state index in [1.807, 2.05) is 0 Å². The Morgan fingerprint density at radius 3 is 2.58 bits per heavy atom. The maximum atomic E-state index is 9.11. The zero-order valence-corrected chi connectivity index (χ0v) is 8.29. The molecular formula is C10H21NO. The van der Waals surface area contributed by atoms with Crippen LogP contribution < -0.4 is 0 Å². The molecule has 2 atom stereocenters. The second kappa shape index (κ2) is 4.83. The molecule has 1 aliphatic heterocycles. The van der Waals surface area contributed by atoms with Crippen LogP contribution in [0.4, 0.5) is 0 Å². The fourth-order valence-electron chi connectivity index (χ4n) is 2.11. The summed E-state index contributed by atoms with van der Waals surface area (Å²) in [6.45, 7) is 7.06. The number of aliphatic hydroxyl groups excluding tert-OH is 1. The van der Waals surface area contributed by atoms with E-state index in [1.165, 1.54) is 25.8 Å². The summed E-state index contributed by atoms with van der Waals surface area (Å²) in [6.07, 6.45) is 3.77. The fraction of sp³-hybridized carbons (Fsp3) is 1.00. The SMILES string of the molecule is CCC1CCC(CO)N(CC)C1. The Labute approximate surface area is 75.6 Å². The molecule has 1 fully saturated rings. The minimum absolute atomic E-state index is 0.338. The van der Waals surface area contributed by atoms with Crippen molar-refractivity contribution in [3.8, 4) is 0 Å². The third kappa shape index (κ3) is 2.20. The van der Waals surface area contributed by atoms with Crippen molar-refractivity contribution in [3.05, 3.63) is 0 Å². The van der Waals surface area contributed by atoms with E-state index >= 15 is 0 Å². The average molecular weight is 171 g/mol. The molecule has 0 bridgehead atoms. The lowest BCUT2D eigenvalue weighted by Crippen LogP contribution is -2.44. The van der Waals surface area contributed by atoms with Crippen LogP contribution in [0, 0.1) is 5.92 Å². The summed E-state index contributed by atoms with van der Waals surface area (Å²) in [7, 11) is 0. The predicted octanol–water partition coefficient (Wildman–Crippen LogP) is 1.49. The van der Waals surface area contributed by atoms with Crippen molar-refractivity contribution < 1.29 is 5.11 Å². The predicted molar refractivity (Wildman–Crippen MR) is 51.1 cm³/mol. The highest BCUT2D eigenvalue weighted by molar-refractivity contribution is 4.79. The molecule has 2 heteroatoms. The van der Waals surface area contributed by atoms with Gasteiger partial charge in [0, 0.05) is 12.6 Å². The smallest absolute Gasteiger partial charge is 0.0586 e. The molecule has 0 radical (unpaired) electrons. The van der Waals surface area contributed by atoms with Crippen molar-refractivity contribution in [1.29, 1.82) is 0 Å². The Balaban J connectivity index is 2.41. The minimum Gasteiger partial charge on any atom is -0.395 e. The van der Waals surface area contributed by atoms with Crippen LogP contribution in [0.25, 0.3) is 0 Å². The number of likely N-dealkylation sites (tertiary alicyclic amines) is 1. The van der Waals surface area contributed by atoms with E-state index in [2.05, 4.69) is 18.7 Å². The van der Waals surface area contributed by atoms with Gasteiger partial charge >= 0.3 is 0 Å². The number of rotatable bonds is 3. The van der Waals surface area contributed by atoms with E-state index in [9.17, 15) is 0 Å². The van der Waals surface area contributed by atoms with E-state index < -0.39 is 0 Å². The van der Waals surface area contributed by atoms with Crippen LogP contribution in [-0.2, 0) is 0 Å². The van der Waals surface area contributed by atoms with Crippen molar-refractivity contribution in [1.82, 2.24) is 4.90 Å². The molecule has 0 aliphatic carbocycles.